The van der Waals surface area contributed by atoms with Crippen LogP contribution < -0.4 is 20.8 Å². The summed E-state index contributed by atoms with van der Waals surface area (Å²) in [6, 6.07) is 12.9. The van der Waals surface area contributed by atoms with Gasteiger partial charge in [0, 0.05) is 24.7 Å². The van der Waals surface area contributed by atoms with E-state index in [0.717, 1.165) is 5.01 Å². The normalized spacial score (nSPS) is 14.8. The van der Waals surface area contributed by atoms with Gasteiger partial charge in [0.2, 0.25) is 11.8 Å². The van der Waals surface area contributed by atoms with E-state index in [2.05, 4.69) is 16.1 Å². The van der Waals surface area contributed by atoms with Gasteiger partial charge in [-0.15, -0.1) is 0 Å². The van der Waals surface area contributed by atoms with E-state index in [1.165, 1.54) is 14.0 Å². The van der Waals surface area contributed by atoms with Crippen LogP contribution in [0.2, 0.25) is 0 Å². The SMILES string of the molecule is COc1ccccc1C(=O)NN1C[C@@H](C(=O)OCC(=O)Nc2ccc(NC(C)=O)cc2)CC1=O. The maximum absolute atomic E-state index is 12.5. The van der Waals surface area contributed by atoms with Crippen LogP contribution in [0.5, 0.6) is 5.75 Å². The number of nitrogens with one attached hydrogen (secondary N) is 3. The van der Waals surface area contributed by atoms with Gasteiger partial charge in [0.25, 0.3) is 11.8 Å². The first-order chi connectivity index (χ1) is 16.3. The number of hydrogen-bond acceptors (Lipinski definition) is 7. The van der Waals surface area contributed by atoms with E-state index in [1.807, 2.05) is 0 Å². The number of amides is 4. The van der Waals surface area contributed by atoms with Gasteiger partial charge >= 0.3 is 5.97 Å². The molecule has 0 aliphatic carbocycles. The molecule has 0 saturated carbocycles. The highest BCUT2D eigenvalue weighted by molar-refractivity contribution is 5.99. The Morgan fingerprint density at radius 1 is 1.00 bits per heavy atom. The average molecular weight is 468 g/mol. The summed E-state index contributed by atoms with van der Waals surface area (Å²) in [6.45, 7) is 0.769. The largest absolute Gasteiger partial charge is 0.496 e. The van der Waals surface area contributed by atoms with Crippen molar-refractivity contribution >= 4 is 41.0 Å². The van der Waals surface area contributed by atoms with Crippen molar-refractivity contribution in [1.29, 1.82) is 0 Å². The predicted molar refractivity (Wildman–Crippen MR) is 121 cm³/mol. The maximum atomic E-state index is 12.5. The predicted octanol–water partition coefficient (Wildman–Crippen LogP) is 1.33. The molecule has 34 heavy (non-hydrogen) atoms. The van der Waals surface area contributed by atoms with Gasteiger partial charge in [-0.3, -0.25) is 34.4 Å². The molecule has 1 aliphatic rings. The first kappa shape index (κ1) is 24.2. The summed E-state index contributed by atoms with van der Waals surface area (Å²) in [6.07, 6.45) is -0.155. The third-order valence-corrected chi connectivity index (χ3v) is 4.88. The lowest BCUT2D eigenvalue weighted by Crippen LogP contribution is -2.43. The molecule has 1 heterocycles. The summed E-state index contributed by atoms with van der Waals surface area (Å²) in [5.74, 6) is -2.98. The fourth-order valence-electron chi connectivity index (χ4n) is 3.28. The van der Waals surface area contributed by atoms with Gasteiger partial charge in [-0.1, -0.05) is 12.1 Å². The molecule has 1 aliphatic heterocycles. The second-order valence-electron chi connectivity index (χ2n) is 7.46. The quantitative estimate of drug-likeness (QED) is 0.496. The van der Waals surface area contributed by atoms with Gasteiger partial charge in [0.15, 0.2) is 6.61 Å². The molecule has 1 fully saturated rings. The number of nitrogens with zero attached hydrogens (tertiary/aromatic N) is 1. The first-order valence-electron chi connectivity index (χ1n) is 10.4. The molecule has 0 bridgehead atoms. The Kier molecular flexibility index (Phi) is 7.80. The lowest BCUT2D eigenvalue weighted by molar-refractivity contribution is -0.151. The number of hydrogen-bond donors (Lipinski definition) is 3. The van der Waals surface area contributed by atoms with Crippen LogP contribution in [-0.2, 0) is 23.9 Å². The van der Waals surface area contributed by atoms with Crippen LogP contribution in [0.1, 0.15) is 23.7 Å². The zero-order valence-electron chi connectivity index (χ0n) is 18.6. The number of carbonyl (C=O) groups excluding carboxylic acids is 5. The van der Waals surface area contributed by atoms with E-state index >= 15 is 0 Å². The van der Waals surface area contributed by atoms with Crippen molar-refractivity contribution in [1.82, 2.24) is 10.4 Å². The number of methoxy groups -OCH3 is 1. The first-order valence-corrected chi connectivity index (χ1v) is 10.4. The molecule has 11 nitrogen and oxygen atoms in total. The molecule has 3 N–H and O–H groups in total. The molecule has 11 heteroatoms. The van der Waals surface area contributed by atoms with Crippen LogP contribution in [0.25, 0.3) is 0 Å². The van der Waals surface area contributed by atoms with Gasteiger partial charge in [0.1, 0.15) is 5.75 Å². The number of benzene rings is 2. The topological polar surface area (TPSA) is 143 Å². The third kappa shape index (κ3) is 6.31. The summed E-state index contributed by atoms with van der Waals surface area (Å²) in [5.41, 5.74) is 3.74. The van der Waals surface area contributed by atoms with Gasteiger partial charge in [0.05, 0.1) is 25.1 Å². The lowest BCUT2D eigenvalue weighted by Gasteiger charge is -2.18. The maximum Gasteiger partial charge on any atom is 0.311 e. The zero-order chi connectivity index (χ0) is 24.7. The number of esters is 1. The van der Waals surface area contributed by atoms with Crippen LogP contribution in [-0.4, -0.2) is 54.9 Å². The highest BCUT2D eigenvalue weighted by atomic mass is 16.5. The Labute approximate surface area is 195 Å². The summed E-state index contributed by atoms with van der Waals surface area (Å²) in [7, 11) is 1.43. The van der Waals surface area contributed by atoms with Crippen molar-refractivity contribution in [3.05, 3.63) is 54.1 Å². The molecule has 4 amide bonds. The molecule has 0 unspecified atom stereocenters. The molecular weight excluding hydrogens is 444 g/mol. The number of para-hydroxylation sites is 1. The lowest BCUT2D eigenvalue weighted by atomic mass is 10.1. The van der Waals surface area contributed by atoms with Gasteiger partial charge in [-0.2, -0.15) is 0 Å². The smallest absolute Gasteiger partial charge is 0.311 e. The Bertz CT molecular complexity index is 1100. The number of hydrazine groups is 1. The summed E-state index contributed by atoms with van der Waals surface area (Å²) < 4.78 is 10.2. The van der Waals surface area contributed by atoms with Crippen LogP contribution in [0.3, 0.4) is 0 Å². The number of ether oxygens (including phenoxy) is 2. The Hall–Kier alpha value is -4.41. The third-order valence-electron chi connectivity index (χ3n) is 4.88. The zero-order valence-corrected chi connectivity index (χ0v) is 18.6. The molecule has 0 aromatic heterocycles. The minimum Gasteiger partial charge on any atom is -0.496 e. The van der Waals surface area contributed by atoms with E-state index in [-0.39, 0.29) is 24.4 Å². The monoisotopic (exact) mass is 468 g/mol. The Morgan fingerprint density at radius 3 is 2.29 bits per heavy atom. The van der Waals surface area contributed by atoms with E-state index in [4.69, 9.17) is 9.47 Å². The van der Waals surface area contributed by atoms with E-state index in [9.17, 15) is 24.0 Å². The molecule has 1 saturated heterocycles. The van der Waals surface area contributed by atoms with E-state index in [0.29, 0.717) is 17.1 Å². The number of rotatable bonds is 8. The van der Waals surface area contributed by atoms with Gasteiger partial charge in [-0.25, -0.2) is 0 Å². The summed E-state index contributed by atoms with van der Waals surface area (Å²) in [4.78, 5) is 60.2. The van der Waals surface area contributed by atoms with Gasteiger partial charge < -0.3 is 20.1 Å². The summed E-state index contributed by atoms with van der Waals surface area (Å²) in [5, 5.41) is 6.22. The standard InChI is InChI=1S/C23H24N4O7/c1-14(28)24-16-7-9-17(10-8-16)25-20(29)13-34-23(32)15-11-21(30)27(12-15)26-22(31)18-5-3-4-6-19(18)33-2/h3-10,15H,11-13H2,1-2H3,(H,24,28)(H,25,29)(H,26,31)/t15-/m0/s1. The molecule has 2 aromatic rings. The minimum atomic E-state index is -0.824. The van der Waals surface area contributed by atoms with Crippen molar-refractivity contribution in [2.75, 3.05) is 30.9 Å². The van der Waals surface area contributed by atoms with Crippen molar-refractivity contribution in [3.8, 4) is 5.75 Å². The summed E-state index contributed by atoms with van der Waals surface area (Å²) >= 11 is 0. The second-order valence-corrected chi connectivity index (χ2v) is 7.46. The second kappa shape index (κ2) is 10.9. The molecule has 1 atom stereocenters. The highest BCUT2D eigenvalue weighted by Crippen LogP contribution is 2.20. The fourth-order valence-corrected chi connectivity index (χ4v) is 3.28. The van der Waals surface area contributed by atoms with E-state index in [1.54, 1.807) is 48.5 Å². The highest BCUT2D eigenvalue weighted by Gasteiger charge is 2.37. The molecular formula is C23H24N4O7. The van der Waals surface area contributed by atoms with Crippen molar-refractivity contribution in [2.45, 2.75) is 13.3 Å². The van der Waals surface area contributed by atoms with Gasteiger partial charge in [-0.05, 0) is 36.4 Å². The molecule has 0 spiro atoms. The van der Waals surface area contributed by atoms with Crippen molar-refractivity contribution in [2.24, 2.45) is 5.92 Å². The molecule has 3 rings (SSSR count). The van der Waals surface area contributed by atoms with Crippen molar-refractivity contribution < 1.29 is 33.4 Å². The number of carbonyl (C=O) groups is 5. The Morgan fingerprint density at radius 2 is 1.65 bits per heavy atom. The van der Waals surface area contributed by atoms with Crippen LogP contribution in [0.4, 0.5) is 11.4 Å². The van der Waals surface area contributed by atoms with Crippen molar-refractivity contribution in [3.63, 3.8) is 0 Å². The minimum absolute atomic E-state index is 0.0786. The van der Waals surface area contributed by atoms with E-state index < -0.39 is 36.2 Å². The Balaban J connectivity index is 1.47. The number of anilines is 2. The molecule has 0 radical (unpaired) electrons. The molecule has 178 valence electrons. The molecule has 2 aromatic carbocycles. The average Bonchev–Trinajstić information content (AvgIpc) is 3.18. The van der Waals surface area contributed by atoms with Crippen LogP contribution >= 0.6 is 0 Å². The van der Waals surface area contributed by atoms with Crippen LogP contribution in [0.15, 0.2) is 48.5 Å². The fraction of sp³-hybridized carbons (Fsp3) is 0.261. The van der Waals surface area contributed by atoms with Crippen LogP contribution in [0, 0.1) is 5.92 Å².